The van der Waals surface area contributed by atoms with Gasteiger partial charge in [-0.1, -0.05) is 55.8 Å². The maximum atomic E-state index is 6.52. The van der Waals surface area contributed by atoms with E-state index >= 15 is 0 Å². The zero-order valence-electron chi connectivity index (χ0n) is 17.6. The Labute approximate surface area is 191 Å². The zero-order valence-corrected chi connectivity index (χ0v) is 19.2. The SMILES string of the molecule is CCN(CC)CCSc1nc(-c2cc(Cl)c3[nH]ncc3c2)c(-c2ccccc2)nc1N. The molecule has 0 unspecified atom stereocenters. The smallest absolute Gasteiger partial charge is 0.156 e. The van der Waals surface area contributed by atoms with Crippen LogP contribution in [0.2, 0.25) is 5.02 Å². The highest BCUT2D eigenvalue weighted by atomic mass is 35.5. The van der Waals surface area contributed by atoms with Crippen LogP contribution in [0.5, 0.6) is 0 Å². The lowest BCUT2D eigenvalue weighted by Crippen LogP contribution is -2.25. The number of halogens is 1. The van der Waals surface area contributed by atoms with Crippen molar-refractivity contribution in [2.24, 2.45) is 0 Å². The van der Waals surface area contributed by atoms with Gasteiger partial charge in [-0.25, -0.2) is 9.97 Å². The third-order valence-electron chi connectivity index (χ3n) is 5.25. The number of hydrogen-bond donors (Lipinski definition) is 2. The van der Waals surface area contributed by atoms with Gasteiger partial charge in [0.2, 0.25) is 0 Å². The summed E-state index contributed by atoms with van der Waals surface area (Å²) in [6.07, 6.45) is 1.76. The average Bonchev–Trinajstić information content (AvgIpc) is 3.27. The zero-order chi connectivity index (χ0) is 21.8. The first-order valence-electron chi connectivity index (χ1n) is 10.3. The highest BCUT2D eigenvalue weighted by molar-refractivity contribution is 7.99. The van der Waals surface area contributed by atoms with Gasteiger partial charge in [0.05, 0.1) is 28.1 Å². The summed E-state index contributed by atoms with van der Waals surface area (Å²) in [7, 11) is 0. The molecule has 0 aliphatic heterocycles. The Morgan fingerprint density at radius 1 is 1.03 bits per heavy atom. The van der Waals surface area contributed by atoms with E-state index in [-0.39, 0.29) is 0 Å². The molecule has 4 aromatic rings. The molecular weight excluding hydrogens is 428 g/mol. The van der Waals surface area contributed by atoms with Gasteiger partial charge in [0.15, 0.2) is 5.82 Å². The van der Waals surface area contributed by atoms with Crippen LogP contribution >= 0.6 is 23.4 Å². The average molecular weight is 453 g/mol. The number of nitrogens with two attached hydrogens (primary N) is 1. The third kappa shape index (κ3) is 4.69. The van der Waals surface area contributed by atoms with E-state index in [9.17, 15) is 0 Å². The molecule has 0 atom stereocenters. The van der Waals surface area contributed by atoms with Gasteiger partial charge in [-0.3, -0.25) is 5.10 Å². The molecule has 0 bridgehead atoms. The molecule has 0 amide bonds. The number of nitrogen functional groups attached to an aromatic ring is 1. The first-order chi connectivity index (χ1) is 15.1. The number of aromatic amines is 1. The Hall–Kier alpha value is -2.61. The van der Waals surface area contributed by atoms with Crippen LogP contribution in [0.1, 0.15) is 13.8 Å². The van der Waals surface area contributed by atoms with Crippen molar-refractivity contribution in [3.63, 3.8) is 0 Å². The Balaban J connectivity index is 1.78. The molecule has 0 saturated carbocycles. The predicted octanol–water partition coefficient (Wildman–Crippen LogP) is 5.36. The van der Waals surface area contributed by atoms with Crippen LogP contribution in [-0.4, -0.2) is 50.5 Å². The molecule has 0 aliphatic rings. The van der Waals surface area contributed by atoms with E-state index in [1.54, 1.807) is 18.0 Å². The summed E-state index contributed by atoms with van der Waals surface area (Å²) >= 11 is 8.15. The minimum absolute atomic E-state index is 0.447. The highest BCUT2D eigenvalue weighted by Crippen LogP contribution is 2.36. The molecule has 3 N–H and O–H groups in total. The van der Waals surface area contributed by atoms with Crippen molar-refractivity contribution < 1.29 is 0 Å². The first-order valence-corrected chi connectivity index (χ1v) is 11.7. The van der Waals surface area contributed by atoms with Crippen LogP contribution in [-0.2, 0) is 0 Å². The van der Waals surface area contributed by atoms with Crippen LogP contribution in [0.4, 0.5) is 5.82 Å². The maximum absolute atomic E-state index is 6.52. The molecule has 2 aromatic carbocycles. The number of hydrogen-bond acceptors (Lipinski definition) is 6. The maximum Gasteiger partial charge on any atom is 0.156 e. The van der Waals surface area contributed by atoms with Gasteiger partial charge in [-0.15, -0.1) is 11.8 Å². The molecule has 2 aromatic heterocycles. The summed E-state index contributed by atoms with van der Waals surface area (Å²) in [6, 6.07) is 13.9. The van der Waals surface area contributed by atoms with Crippen molar-refractivity contribution in [2.45, 2.75) is 18.9 Å². The van der Waals surface area contributed by atoms with Crippen molar-refractivity contribution in [3.8, 4) is 22.5 Å². The van der Waals surface area contributed by atoms with Gasteiger partial charge in [0, 0.05) is 28.8 Å². The fourth-order valence-electron chi connectivity index (χ4n) is 3.50. The van der Waals surface area contributed by atoms with Gasteiger partial charge >= 0.3 is 0 Å². The molecule has 8 heteroatoms. The number of rotatable bonds is 8. The monoisotopic (exact) mass is 452 g/mol. The number of benzene rings is 2. The highest BCUT2D eigenvalue weighted by Gasteiger charge is 2.18. The van der Waals surface area contributed by atoms with E-state index in [4.69, 9.17) is 27.3 Å². The number of thioether (sulfide) groups is 1. The predicted molar refractivity (Wildman–Crippen MR) is 130 cm³/mol. The molecule has 4 rings (SSSR count). The van der Waals surface area contributed by atoms with E-state index in [2.05, 4.69) is 28.9 Å². The summed E-state index contributed by atoms with van der Waals surface area (Å²) in [5.74, 6) is 1.34. The summed E-state index contributed by atoms with van der Waals surface area (Å²) in [5, 5.41) is 9.31. The molecular formula is C23H25ClN6S. The number of nitrogens with zero attached hydrogens (tertiary/aromatic N) is 4. The van der Waals surface area contributed by atoms with Crippen LogP contribution in [0, 0.1) is 0 Å². The molecule has 160 valence electrons. The quantitative estimate of drug-likeness (QED) is 0.350. The molecule has 0 saturated heterocycles. The summed E-state index contributed by atoms with van der Waals surface area (Å²) < 4.78 is 0. The fourth-order valence-corrected chi connectivity index (χ4v) is 4.66. The van der Waals surface area contributed by atoms with Crippen LogP contribution in [0.3, 0.4) is 0 Å². The second-order valence-corrected chi connectivity index (χ2v) is 8.64. The van der Waals surface area contributed by atoms with Gasteiger partial charge in [0.25, 0.3) is 0 Å². The Bertz CT molecular complexity index is 1170. The summed E-state index contributed by atoms with van der Waals surface area (Å²) in [5.41, 5.74) is 10.5. The first kappa shape index (κ1) is 21.6. The van der Waals surface area contributed by atoms with E-state index in [0.717, 1.165) is 63.8 Å². The van der Waals surface area contributed by atoms with Crippen molar-refractivity contribution in [3.05, 3.63) is 53.7 Å². The van der Waals surface area contributed by atoms with E-state index in [1.807, 2.05) is 42.5 Å². The summed E-state index contributed by atoms with van der Waals surface area (Å²) in [4.78, 5) is 12.1. The van der Waals surface area contributed by atoms with E-state index in [0.29, 0.717) is 10.8 Å². The van der Waals surface area contributed by atoms with Crippen molar-refractivity contribution >= 4 is 40.1 Å². The van der Waals surface area contributed by atoms with Crippen molar-refractivity contribution in [2.75, 3.05) is 31.1 Å². The number of aromatic nitrogens is 4. The second-order valence-electron chi connectivity index (χ2n) is 7.14. The van der Waals surface area contributed by atoms with Crippen molar-refractivity contribution in [1.82, 2.24) is 25.1 Å². The van der Waals surface area contributed by atoms with Crippen LogP contribution in [0.15, 0.2) is 53.7 Å². The van der Waals surface area contributed by atoms with Crippen LogP contribution < -0.4 is 5.73 Å². The minimum atomic E-state index is 0.447. The number of fused-ring (bicyclic) bond motifs is 1. The standard InChI is InChI=1S/C23H25ClN6S/c1-3-30(4-2)10-11-31-23-22(25)27-20(15-8-6-5-7-9-15)21(28-23)16-12-17-14-26-29-19(17)18(24)13-16/h5-9,12-14H,3-4,10-11H2,1-2H3,(H2,25,27)(H,26,29). The lowest BCUT2D eigenvalue weighted by atomic mass is 10.0. The molecule has 2 heterocycles. The topological polar surface area (TPSA) is 83.7 Å². The molecule has 0 fully saturated rings. The molecule has 6 nitrogen and oxygen atoms in total. The van der Waals surface area contributed by atoms with E-state index in [1.165, 1.54) is 0 Å². The third-order valence-corrected chi connectivity index (χ3v) is 6.51. The van der Waals surface area contributed by atoms with Crippen LogP contribution in [0.25, 0.3) is 33.4 Å². The molecule has 0 spiro atoms. The van der Waals surface area contributed by atoms with Gasteiger partial charge in [-0.05, 0) is 25.2 Å². The Kier molecular flexibility index (Phi) is 6.75. The number of anilines is 1. The van der Waals surface area contributed by atoms with E-state index < -0.39 is 0 Å². The Morgan fingerprint density at radius 3 is 2.52 bits per heavy atom. The largest absolute Gasteiger partial charge is 0.381 e. The minimum Gasteiger partial charge on any atom is -0.381 e. The number of H-pyrrole nitrogens is 1. The normalized spacial score (nSPS) is 11.5. The van der Waals surface area contributed by atoms with Gasteiger partial charge < -0.3 is 10.6 Å². The fraction of sp³-hybridized carbons (Fsp3) is 0.261. The molecule has 31 heavy (non-hydrogen) atoms. The molecule has 0 radical (unpaired) electrons. The second kappa shape index (κ2) is 9.68. The van der Waals surface area contributed by atoms with Gasteiger partial charge in [-0.2, -0.15) is 5.10 Å². The lowest BCUT2D eigenvalue weighted by Gasteiger charge is -2.18. The van der Waals surface area contributed by atoms with Gasteiger partial charge in [0.1, 0.15) is 5.03 Å². The molecule has 0 aliphatic carbocycles. The Morgan fingerprint density at radius 2 is 1.77 bits per heavy atom. The number of nitrogens with one attached hydrogen (secondary N) is 1. The van der Waals surface area contributed by atoms with Crippen molar-refractivity contribution in [1.29, 1.82) is 0 Å². The lowest BCUT2D eigenvalue weighted by molar-refractivity contribution is 0.324. The summed E-state index contributed by atoms with van der Waals surface area (Å²) in [6.45, 7) is 7.37.